The average Bonchev–Trinajstić information content (AvgIpc) is 2.88. The molecule has 0 atom stereocenters. The molecule has 0 bridgehead atoms. The minimum atomic E-state index is -1.02. The van der Waals surface area contributed by atoms with Gasteiger partial charge >= 0.3 is 5.97 Å². The van der Waals surface area contributed by atoms with Crippen LogP contribution < -0.4 is 4.74 Å². The van der Waals surface area contributed by atoms with E-state index in [1.54, 1.807) is 7.11 Å². The molecule has 2 aromatic heterocycles. The monoisotopic (exact) mass is 297 g/mol. The van der Waals surface area contributed by atoms with E-state index in [2.05, 4.69) is 10.1 Å². The standard InChI is InChI=1S/C16H15N3O3/c1-9-4-12(22-3)5-10(2)15(9)13-6-14-17-7-11(16(20)21)8-19(14)18-13/h4-8H,1-3H3,(H,20,21). The Morgan fingerprint density at radius 3 is 2.50 bits per heavy atom. The molecule has 0 radical (unpaired) electrons. The molecule has 0 spiro atoms. The Labute approximate surface area is 127 Å². The third-order valence-corrected chi connectivity index (χ3v) is 3.56. The van der Waals surface area contributed by atoms with Crippen molar-refractivity contribution in [1.82, 2.24) is 14.6 Å². The highest BCUT2D eigenvalue weighted by Gasteiger charge is 2.13. The Bertz CT molecular complexity index is 860. The molecule has 3 rings (SSSR count). The van der Waals surface area contributed by atoms with Gasteiger partial charge in [0.25, 0.3) is 0 Å². The molecule has 0 unspecified atom stereocenters. The molecule has 6 heteroatoms. The van der Waals surface area contributed by atoms with E-state index in [1.165, 1.54) is 16.9 Å². The number of hydrogen-bond acceptors (Lipinski definition) is 4. The van der Waals surface area contributed by atoms with E-state index in [0.717, 1.165) is 28.1 Å². The van der Waals surface area contributed by atoms with E-state index in [9.17, 15) is 4.79 Å². The molecule has 0 aliphatic carbocycles. The first-order valence-electron chi connectivity index (χ1n) is 6.74. The van der Waals surface area contributed by atoms with Gasteiger partial charge in [0, 0.05) is 24.0 Å². The third kappa shape index (κ3) is 2.28. The van der Waals surface area contributed by atoms with E-state index in [4.69, 9.17) is 9.84 Å². The van der Waals surface area contributed by atoms with Crippen molar-refractivity contribution in [3.63, 3.8) is 0 Å². The van der Waals surface area contributed by atoms with Gasteiger partial charge in [0.2, 0.25) is 0 Å². The quantitative estimate of drug-likeness (QED) is 0.804. The van der Waals surface area contributed by atoms with Crippen LogP contribution >= 0.6 is 0 Å². The topological polar surface area (TPSA) is 76.7 Å². The zero-order valence-electron chi connectivity index (χ0n) is 12.5. The molecule has 1 aromatic carbocycles. The summed E-state index contributed by atoms with van der Waals surface area (Å²) in [6.07, 6.45) is 2.79. The average molecular weight is 297 g/mol. The molecule has 6 nitrogen and oxygen atoms in total. The van der Waals surface area contributed by atoms with E-state index in [1.807, 2.05) is 32.0 Å². The lowest BCUT2D eigenvalue weighted by molar-refractivity contribution is 0.0695. The van der Waals surface area contributed by atoms with Crippen LogP contribution in [0.1, 0.15) is 21.5 Å². The van der Waals surface area contributed by atoms with E-state index in [-0.39, 0.29) is 5.56 Å². The molecule has 0 aliphatic heterocycles. The fourth-order valence-corrected chi connectivity index (χ4v) is 2.56. The first-order valence-corrected chi connectivity index (χ1v) is 6.74. The van der Waals surface area contributed by atoms with Gasteiger partial charge in [0.1, 0.15) is 5.75 Å². The Morgan fingerprint density at radius 1 is 1.23 bits per heavy atom. The van der Waals surface area contributed by atoms with Gasteiger partial charge in [-0.25, -0.2) is 14.3 Å². The van der Waals surface area contributed by atoms with Crippen LogP contribution in [0.5, 0.6) is 5.75 Å². The van der Waals surface area contributed by atoms with Crippen LogP contribution in [0.25, 0.3) is 16.9 Å². The molecule has 0 aliphatic rings. The molecule has 0 saturated carbocycles. The maximum atomic E-state index is 11.0. The van der Waals surface area contributed by atoms with Gasteiger partial charge in [-0.3, -0.25) is 0 Å². The van der Waals surface area contributed by atoms with Gasteiger partial charge in [-0.15, -0.1) is 0 Å². The number of aryl methyl sites for hydroxylation is 2. The molecule has 0 saturated heterocycles. The Kier molecular flexibility index (Phi) is 3.29. The van der Waals surface area contributed by atoms with Crippen LogP contribution in [0.15, 0.2) is 30.6 Å². The first-order chi connectivity index (χ1) is 10.5. The summed E-state index contributed by atoms with van der Waals surface area (Å²) in [6, 6.07) is 5.73. The summed E-state index contributed by atoms with van der Waals surface area (Å²) < 4.78 is 6.75. The molecule has 112 valence electrons. The number of hydrogen-bond donors (Lipinski definition) is 1. The lowest BCUT2D eigenvalue weighted by atomic mass is 10.00. The lowest BCUT2D eigenvalue weighted by Gasteiger charge is -2.09. The summed E-state index contributed by atoms with van der Waals surface area (Å²) in [7, 11) is 1.64. The summed E-state index contributed by atoms with van der Waals surface area (Å²) in [6.45, 7) is 3.98. The van der Waals surface area contributed by atoms with Gasteiger partial charge < -0.3 is 9.84 Å². The zero-order chi connectivity index (χ0) is 15.9. The van der Waals surface area contributed by atoms with Gasteiger partial charge in [0.05, 0.1) is 18.4 Å². The van der Waals surface area contributed by atoms with Gasteiger partial charge in [-0.05, 0) is 37.1 Å². The molecule has 2 heterocycles. The molecule has 1 N–H and O–H groups in total. The minimum Gasteiger partial charge on any atom is -0.497 e. The number of rotatable bonds is 3. The molecule has 3 aromatic rings. The lowest BCUT2D eigenvalue weighted by Crippen LogP contribution is -2.01. The second kappa shape index (κ2) is 5.14. The summed E-state index contributed by atoms with van der Waals surface area (Å²) in [5.74, 6) is -0.225. The van der Waals surface area contributed by atoms with E-state index < -0.39 is 5.97 Å². The normalized spacial score (nSPS) is 10.9. The van der Waals surface area contributed by atoms with Crippen LogP contribution in [0.4, 0.5) is 0 Å². The van der Waals surface area contributed by atoms with Crippen LogP contribution in [-0.2, 0) is 0 Å². The van der Waals surface area contributed by atoms with Crippen LogP contribution in [0, 0.1) is 13.8 Å². The minimum absolute atomic E-state index is 0.102. The maximum Gasteiger partial charge on any atom is 0.338 e. The SMILES string of the molecule is COc1cc(C)c(-c2cc3ncc(C(=O)O)cn3n2)c(C)c1. The van der Waals surface area contributed by atoms with Crippen molar-refractivity contribution in [2.24, 2.45) is 0 Å². The fourth-order valence-electron chi connectivity index (χ4n) is 2.56. The van der Waals surface area contributed by atoms with Crippen molar-refractivity contribution >= 4 is 11.6 Å². The number of aromatic nitrogens is 3. The molecule has 0 amide bonds. The highest BCUT2D eigenvalue weighted by molar-refractivity contribution is 5.87. The number of benzene rings is 1. The predicted octanol–water partition coefficient (Wildman–Crippen LogP) is 2.72. The van der Waals surface area contributed by atoms with Crippen LogP contribution in [0.3, 0.4) is 0 Å². The van der Waals surface area contributed by atoms with Crippen LogP contribution in [0.2, 0.25) is 0 Å². The summed E-state index contributed by atoms with van der Waals surface area (Å²) in [5.41, 5.74) is 4.55. The number of carbonyl (C=O) groups is 1. The smallest absolute Gasteiger partial charge is 0.338 e. The molecule has 22 heavy (non-hydrogen) atoms. The molecular weight excluding hydrogens is 282 g/mol. The van der Waals surface area contributed by atoms with Crippen molar-refractivity contribution in [2.75, 3.05) is 7.11 Å². The second-order valence-corrected chi connectivity index (χ2v) is 5.12. The number of carboxylic acids is 1. The van der Waals surface area contributed by atoms with Gasteiger partial charge in [0.15, 0.2) is 5.65 Å². The van der Waals surface area contributed by atoms with Crippen molar-refractivity contribution < 1.29 is 14.6 Å². The van der Waals surface area contributed by atoms with Gasteiger partial charge in [-0.2, -0.15) is 5.10 Å². The van der Waals surface area contributed by atoms with Crippen molar-refractivity contribution in [3.8, 4) is 17.0 Å². The Balaban J connectivity index is 2.16. The maximum absolute atomic E-state index is 11.0. The number of nitrogens with zero attached hydrogens (tertiary/aromatic N) is 3. The zero-order valence-corrected chi connectivity index (χ0v) is 12.5. The number of methoxy groups -OCH3 is 1. The highest BCUT2D eigenvalue weighted by Crippen LogP contribution is 2.30. The number of aromatic carboxylic acids is 1. The third-order valence-electron chi connectivity index (χ3n) is 3.56. The number of ether oxygens (including phenoxy) is 1. The second-order valence-electron chi connectivity index (χ2n) is 5.12. The van der Waals surface area contributed by atoms with Crippen molar-refractivity contribution in [3.05, 3.63) is 47.3 Å². The molecule has 0 fully saturated rings. The number of carboxylic acid groups (broad SMARTS) is 1. The highest BCUT2D eigenvalue weighted by atomic mass is 16.5. The Hall–Kier alpha value is -2.89. The summed E-state index contributed by atoms with van der Waals surface area (Å²) in [4.78, 5) is 15.1. The van der Waals surface area contributed by atoms with Crippen molar-refractivity contribution in [2.45, 2.75) is 13.8 Å². The van der Waals surface area contributed by atoms with E-state index >= 15 is 0 Å². The fraction of sp³-hybridized carbons (Fsp3) is 0.188. The predicted molar refractivity (Wildman–Crippen MR) is 81.4 cm³/mol. The summed E-state index contributed by atoms with van der Waals surface area (Å²) >= 11 is 0. The van der Waals surface area contributed by atoms with Crippen molar-refractivity contribution in [1.29, 1.82) is 0 Å². The molecular formula is C16H15N3O3. The Morgan fingerprint density at radius 2 is 1.91 bits per heavy atom. The van der Waals surface area contributed by atoms with E-state index in [0.29, 0.717) is 5.65 Å². The summed E-state index contributed by atoms with van der Waals surface area (Å²) in [5, 5.41) is 13.5. The largest absolute Gasteiger partial charge is 0.497 e. The van der Waals surface area contributed by atoms with Gasteiger partial charge in [-0.1, -0.05) is 0 Å². The van der Waals surface area contributed by atoms with Crippen LogP contribution in [-0.4, -0.2) is 32.8 Å². The number of fused-ring (bicyclic) bond motifs is 1. The first kappa shape index (κ1) is 14.1.